The van der Waals surface area contributed by atoms with Gasteiger partial charge in [0.25, 0.3) is 0 Å². The van der Waals surface area contributed by atoms with E-state index in [-0.39, 0.29) is 0 Å². The quantitative estimate of drug-likeness (QED) is 0.536. The molecule has 0 fully saturated rings. The van der Waals surface area contributed by atoms with Gasteiger partial charge in [0.05, 0.1) is 0 Å². The fourth-order valence-corrected chi connectivity index (χ4v) is 6.16. The van der Waals surface area contributed by atoms with E-state index in [1.807, 2.05) is 16.8 Å². The Bertz CT molecular complexity index is 801. The van der Waals surface area contributed by atoms with Crippen molar-refractivity contribution in [1.29, 1.82) is 0 Å². The minimum atomic E-state index is -1.99. The molecule has 0 N–H and O–H groups in total. The maximum absolute atomic E-state index is 6.19. The number of halogens is 2. The minimum absolute atomic E-state index is 0.566. The summed E-state index contributed by atoms with van der Waals surface area (Å²) in [6, 6.07) is 10.5. The Hall–Kier alpha value is -0.711. The van der Waals surface area contributed by atoms with E-state index in [0.717, 1.165) is 16.9 Å². The van der Waals surface area contributed by atoms with E-state index in [0.29, 0.717) is 10.0 Å². The molecule has 0 amide bonds. The Balaban J connectivity index is 2.06. The molecule has 2 heterocycles. The van der Waals surface area contributed by atoms with Gasteiger partial charge >= 0.3 is 139 Å². The van der Waals surface area contributed by atoms with Gasteiger partial charge in [0, 0.05) is 0 Å². The van der Waals surface area contributed by atoms with Crippen molar-refractivity contribution in [2.24, 2.45) is 0 Å². The number of hydrogen-bond acceptors (Lipinski definition) is 1. The van der Waals surface area contributed by atoms with Crippen molar-refractivity contribution in [2.45, 2.75) is 14.8 Å². The van der Waals surface area contributed by atoms with Crippen LogP contribution in [0.3, 0.4) is 0 Å². The fraction of sp³-hybridized carbons (Fsp3) is 0.188. The first-order valence-electron chi connectivity index (χ1n) is 6.79. The zero-order chi connectivity index (χ0) is 15.2. The molecule has 0 aliphatic carbocycles. The zero-order valence-electron chi connectivity index (χ0n) is 12.2. The Morgan fingerprint density at radius 1 is 1.00 bits per heavy atom. The number of rotatable bonds is 2. The van der Waals surface area contributed by atoms with Gasteiger partial charge in [-0.15, -0.1) is 0 Å². The second-order valence-corrected chi connectivity index (χ2v) is 21.5. The van der Waals surface area contributed by atoms with E-state index < -0.39 is 18.4 Å². The van der Waals surface area contributed by atoms with Gasteiger partial charge in [0.15, 0.2) is 0 Å². The van der Waals surface area contributed by atoms with Crippen molar-refractivity contribution < 1.29 is 0 Å². The molecule has 0 aliphatic rings. The third kappa shape index (κ3) is 3.08. The molecule has 0 saturated carbocycles. The number of pyridine rings is 1. The van der Waals surface area contributed by atoms with Gasteiger partial charge in [-0.25, -0.2) is 0 Å². The van der Waals surface area contributed by atoms with Crippen molar-refractivity contribution in [2.75, 3.05) is 0 Å². The summed E-state index contributed by atoms with van der Waals surface area (Å²) in [6.07, 6.45) is 3.78. The number of aromatic nitrogens is 2. The van der Waals surface area contributed by atoms with Gasteiger partial charge in [-0.05, 0) is 0 Å². The normalized spacial score (nSPS) is 12.0. The molecular weight excluding hydrogens is 410 g/mol. The first kappa shape index (κ1) is 15.2. The van der Waals surface area contributed by atoms with E-state index >= 15 is 0 Å². The monoisotopic (exact) mass is 426 g/mol. The molecule has 0 unspecified atom stereocenters. The molecule has 0 spiro atoms. The molecule has 0 bridgehead atoms. The number of benzene rings is 1. The summed E-state index contributed by atoms with van der Waals surface area (Å²) in [5.74, 6) is 0. The standard InChI is InChI=1S/C13H7Cl2N2.3CH3.Sn/c14-10-6-11(15)13-16-12(8-17(13)7-10)9-4-2-1-3-5-9;;;;/h2-8H;3*1H3;. The van der Waals surface area contributed by atoms with Gasteiger partial charge in [0.2, 0.25) is 0 Å². The van der Waals surface area contributed by atoms with Crippen LogP contribution in [0.1, 0.15) is 0 Å². The molecule has 2 aromatic heterocycles. The second kappa shape index (κ2) is 5.49. The summed E-state index contributed by atoms with van der Waals surface area (Å²) in [4.78, 5) is 11.8. The average molecular weight is 426 g/mol. The molecular formula is C16H16Cl2N2Sn. The van der Waals surface area contributed by atoms with Crippen molar-refractivity contribution in [3.05, 3.63) is 52.8 Å². The molecule has 3 rings (SSSR count). The Kier molecular flexibility index (Phi) is 3.97. The van der Waals surface area contributed by atoms with Crippen molar-refractivity contribution >= 4 is 50.8 Å². The molecule has 0 aliphatic heterocycles. The number of nitrogens with zero attached hydrogens (tertiary/aromatic N) is 2. The van der Waals surface area contributed by atoms with Crippen LogP contribution in [0, 0.1) is 0 Å². The SMILES string of the molecule is [CH3][Sn]([CH3])([CH3])[c]1ccc(-c2cn3cc(Cl)cc(Cl)c3n2)cc1. The van der Waals surface area contributed by atoms with Crippen LogP contribution in [0.2, 0.25) is 24.9 Å². The first-order chi connectivity index (χ1) is 9.84. The van der Waals surface area contributed by atoms with E-state index in [1.54, 1.807) is 6.07 Å². The van der Waals surface area contributed by atoms with Crippen LogP contribution in [0.5, 0.6) is 0 Å². The molecule has 0 saturated heterocycles. The third-order valence-electron chi connectivity index (χ3n) is 3.52. The zero-order valence-corrected chi connectivity index (χ0v) is 16.6. The van der Waals surface area contributed by atoms with Crippen LogP contribution < -0.4 is 3.58 Å². The summed E-state index contributed by atoms with van der Waals surface area (Å²) in [5, 5.41) is 1.17. The molecule has 2 nitrogen and oxygen atoms in total. The average Bonchev–Trinajstić information content (AvgIpc) is 2.82. The second-order valence-electron chi connectivity index (χ2n) is 6.19. The Labute approximate surface area is 138 Å². The summed E-state index contributed by atoms with van der Waals surface area (Å²) < 4.78 is 3.38. The number of fused-ring (bicyclic) bond motifs is 1. The summed E-state index contributed by atoms with van der Waals surface area (Å²) in [7, 11) is 0. The first-order valence-corrected chi connectivity index (χ1v) is 17.5. The van der Waals surface area contributed by atoms with E-state index in [9.17, 15) is 0 Å². The maximum atomic E-state index is 6.19. The van der Waals surface area contributed by atoms with Crippen LogP contribution in [0.15, 0.2) is 42.7 Å². The Morgan fingerprint density at radius 2 is 1.67 bits per heavy atom. The van der Waals surface area contributed by atoms with Gasteiger partial charge in [-0.2, -0.15) is 0 Å². The fourth-order valence-electron chi connectivity index (χ4n) is 2.30. The molecule has 1 aromatic carbocycles. The molecule has 0 atom stereocenters. The predicted octanol–water partition coefficient (Wildman–Crippen LogP) is 4.85. The molecule has 108 valence electrons. The van der Waals surface area contributed by atoms with Crippen LogP contribution in [0.4, 0.5) is 0 Å². The third-order valence-corrected chi connectivity index (χ3v) is 9.90. The number of imidazole rings is 1. The molecule has 21 heavy (non-hydrogen) atoms. The van der Waals surface area contributed by atoms with Crippen LogP contribution >= 0.6 is 23.2 Å². The van der Waals surface area contributed by atoms with Crippen LogP contribution in [0.25, 0.3) is 16.9 Å². The van der Waals surface area contributed by atoms with Gasteiger partial charge < -0.3 is 0 Å². The van der Waals surface area contributed by atoms with Gasteiger partial charge in [-0.3, -0.25) is 0 Å². The van der Waals surface area contributed by atoms with E-state index in [2.05, 4.69) is 44.1 Å². The Morgan fingerprint density at radius 3 is 2.29 bits per heavy atom. The van der Waals surface area contributed by atoms with E-state index in [1.165, 1.54) is 3.58 Å². The van der Waals surface area contributed by atoms with Crippen LogP contribution in [-0.2, 0) is 0 Å². The molecule has 3 aromatic rings. The van der Waals surface area contributed by atoms with Crippen molar-refractivity contribution in [3.8, 4) is 11.3 Å². The van der Waals surface area contributed by atoms with Gasteiger partial charge in [-0.1, -0.05) is 0 Å². The molecule has 5 heteroatoms. The van der Waals surface area contributed by atoms with Gasteiger partial charge in [0.1, 0.15) is 0 Å². The van der Waals surface area contributed by atoms with E-state index in [4.69, 9.17) is 23.2 Å². The topological polar surface area (TPSA) is 17.3 Å². The van der Waals surface area contributed by atoms with Crippen LogP contribution in [-0.4, -0.2) is 27.8 Å². The van der Waals surface area contributed by atoms with Crippen molar-refractivity contribution in [3.63, 3.8) is 0 Å². The number of hydrogen-bond donors (Lipinski definition) is 0. The predicted molar refractivity (Wildman–Crippen MR) is 93.6 cm³/mol. The summed E-state index contributed by atoms with van der Waals surface area (Å²) in [6.45, 7) is 0. The summed E-state index contributed by atoms with van der Waals surface area (Å²) >= 11 is 10.2. The summed E-state index contributed by atoms with van der Waals surface area (Å²) in [5.41, 5.74) is 2.75. The molecule has 0 radical (unpaired) electrons. The van der Waals surface area contributed by atoms with Crippen molar-refractivity contribution in [1.82, 2.24) is 9.38 Å².